The van der Waals surface area contributed by atoms with E-state index in [4.69, 9.17) is 5.11 Å². The van der Waals surface area contributed by atoms with Gasteiger partial charge >= 0.3 is 5.97 Å². The van der Waals surface area contributed by atoms with Gasteiger partial charge in [0, 0.05) is 23.9 Å². The molecular formula is C12H15N3O3S. The van der Waals surface area contributed by atoms with Crippen LogP contribution in [-0.4, -0.2) is 34.6 Å². The van der Waals surface area contributed by atoms with Crippen molar-refractivity contribution in [3.05, 3.63) is 10.6 Å². The lowest BCUT2D eigenvalue weighted by molar-refractivity contribution is -0.138. The number of aromatic nitrogens is 1. The highest BCUT2D eigenvalue weighted by molar-refractivity contribution is 7.15. The predicted molar refractivity (Wildman–Crippen MR) is 70.5 cm³/mol. The minimum absolute atomic E-state index is 0.0966. The highest BCUT2D eigenvalue weighted by Crippen LogP contribution is 2.38. The maximum atomic E-state index is 11.1. The molecule has 1 saturated heterocycles. The minimum atomic E-state index is -0.793. The van der Waals surface area contributed by atoms with Crippen molar-refractivity contribution < 1.29 is 14.7 Å². The first-order chi connectivity index (χ1) is 9.13. The fourth-order valence-electron chi connectivity index (χ4n) is 2.58. The number of carbonyl (C=O) groups is 2. The van der Waals surface area contributed by atoms with Crippen molar-refractivity contribution >= 4 is 28.3 Å². The van der Waals surface area contributed by atoms with E-state index in [1.165, 1.54) is 11.3 Å². The number of fused-ring (bicyclic) bond motifs is 1. The van der Waals surface area contributed by atoms with Gasteiger partial charge in [0.05, 0.1) is 5.69 Å². The Bertz CT molecular complexity index is 528. The van der Waals surface area contributed by atoms with Crippen LogP contribution in [-0.2, 0) is 16.0 Å². The zero-order chi connectivity index (χ0) is 13.4. The normalized spacial score (nSPS) is 25.2. The van der Waals surface area contributed by atoms with Gasteiger partial charge in [0.2, 0.25) is 5.91 Å². The lowest BCUT2D eigenvalue weighted by Gasteiger charge is -2.10. The van der Waals surface area contributed by atoms with Gasteiger partial charge in [-0.05, 0) is 19.3 Å². The first-order valence-electron chi connectivity index (χ1n) is 6.39. The largest absolute Gasteiger partial charge is 0.481 e. The second kappa shape index (κ2) is 4.80. The molecule has 0 aromatic carbocycles. The van der Waals surface area contributed by atoms with Crippen LogP contribution >= 0.6 is 11.3 Å². The van der Waals surface area contributed by atoms with Gasteiger partial charge in [-0.3, -0.25) is 9.59 Å². The smallest absolute Gasteiger partial charge is 0.312 e. The standard InChI is InChI=1S/C12H15N3O3S/c16-9-4-1-6(14-9)5-13-12-15-10-7(11(17)18)2-3-8(10)19-12/h6-7H,1-5H2,(H,13,15)(H,14,16)(H,17,18). The number of hydrogen-bond acceptors (Lipinski definition) is 5. The molecule has 3 N–H and O–H groups in total. The van der Waals surface area contributed by atoms with E-state index in [1.54, 1.807) is 0 Å². The summed E-state index contributed by atoms with van der Waals surface area (Å²) < 4.78 is 0. The van der Waals surface area contributed by atoms with Crippen LogP contribution in [0.4, 0.5) is 5.13 Å². The monoisotopic (exact) mass is 281 g/mol. The minimum Gasteiger partial charge on any atom is -0.481 e. The number of amides is 1. The summed E-state index contributed by atoms with van der Waals surface area (Å²) in [7, 11) is 0. The van der Waals surface area contributed by atoms with Gasteiger partial charge in [-0.1, -0.05) is 0 Å². The number of aliphatic carboxylic acids is 1. The number of carboxylic acids is 1. The van der Waals surface area contributed by atoms with Crippen LogP contribution in [0.5, 0.6) is 0 Å². The number of rotatable bonds is 4. The van der Waals surface area contributed by atoms with Crippen LogP contribution in [0.25, 0.3) is 0 Å². The van der Waals surface area contributed by atoms with Gasteiger partial charge in [0.25, 0.3) is 0 Å². The average molecular weight is 281 g/mol. The van der Waals surface area contributed by atoms with E-state index in [9.17, 15) is 9.59 Å². The second-order valence-corrected chi connectivity index (χ2v) is 6.02. The second-order valence-electron chi connectivity index (χ2n) is 4.94. The molecule has 1 aromatic heterocycles. The molecule has 0 saturated carbocycles. The molecule has 0 spiro atoms. The van der Waals surface area contributed by atoms with Crippen molar-refractivity contribution in [1.29, 1.82) is 0 Å². The van der Waals surface area contributed by atoms with Crippen LogP contribution in [0.2, 0.25) is 0 Å². The van der Waals surface area contributed by atoms with Crippen molar-refractivity contribution in [2.75, 3.05) is 11.9 Å². The SMILES string of the molecule is O=C1CCC(CNc2nc3c(s2)CCC3C(=O)O)N1. The van der Waals surface area contributed by atoms with Gasteiger partial charge in [0.1, 0.15) is 5.92 Å². The van der Waals surface area contributed by atoms with Crippen molar-refractivity contribution in [3.8, 4) is 0 Å². The van der Waals surface area contributed by atoms with Crippen LogP contribution in [0.15, 0.2) is 0 Å². The third kappa shape index (κ3) is 2.42. The van der Waals surface area contributed by atoms with Gasteiger partial charge in [0.15, 0.2) is 5.13 Å². The van der Waals surface area contributed by atoms with E-state index in [2.05, 4.69) is 15.6 Å². The Hall–Kier alpha value is -1.63. The summed E-state index contributed by atoms with van der Waals surface area (Å²) in [6.45, 7) is 0.649. The molecule has 2 heterocycles. The van der Waals surface area contributed by atoms with Gasteiger partial charge in [-0.15, -0.1) is 11.3 Å². The molecule has 3 rings (SSSR count). The van der Waals surface area contributed by atoms with Gasteiger partial charge in [-0.25, -0.2) is 4.98 Å². The topological polar surface area (TPSA) is 91.3 Å². The summed E-state index contributed by atoms with van der Waals surface area (Å²) >= 11 is 1.53. The summed E-state index contributed by atoms with van der Waals surface area (Å²) in [6, 6.07) is 0.154. The maximum absolute atomic E-state index is 11.1. The van der Waals surface area contributed by atoms with Crippen LogP contribution < -0.4 is 10.6 Å². The molecule has 7 heteroatoms. The molecule has 1 aliphatic carbocycles. The first-order valence-corrected chi connectivity index (χ1v) is 7.21. The number of aryl methyl sites for hydroxylation is 1. The zero-order valence-electron chi connectivity index (χ0n) is 10.3. The summed E-state index contributed by atoms with van der Waals surface area (Å²) in [5.74, 6) is -1.15. The quantitative estimate of drug-likeness (QED) is 0.764. The van der Waals surface area contributed by atoms with Crippen LogP contribution in [0.1, 0.15) is 35.8 Å². The number of carbonyl (C=O) groups excluding carboxylic acids is 1. The van der Waals surface area contributed by atoms with E-state index in [1.807, 2.05) is 0 Å². The lowest BCUT2D eigenvalue weighted by atomic mass is 10.1. The Morgan fingerprint density at radius 1 is 1.47 bits per heavy atom. The van der Waals surface area contributed by atoms with Crippen LogP contribution in [0.3, 0.4) is 0 Å². The average Bonchev–Trinajstić information content (AvgIpc) is 3.00. The highest BCUT2D eigenvalue weighted by Gasteiger charge is 2.32. The molecule has 1 aliphatic heterocycles. The third-order valence-corrected chi connectivity index (χ3v) is 4.69. The number of nitrogens with one attached hydrogen (secondary N) is 2. The summed E-state index contributed by atoms with van der Waals surface area (Å²) in [4.78, 5) is 27.6. The molecule has 6 nitrogen and oxygen atoms in total. The Labute approximate surface area is 114 Å². The number of hydrogen-bond donors (Lipinski definition) is 3. The predicted octanol–water partition coefficient (Wildman–Crippen LogP) is 0.948. The Kier molecular flexibility index (Phi) is 3.14. The lowest BCUT2D eigenvalue weighted by Crippen LogP contribution is -2.31. The molecule has 2 unspecified atom stereocenters. The number of anilines is 1. The van der Waals surface area contributed by atoms with E-state index in [0.29, 0.717) is 19.4 Å². The molecule has 19 heavy (non-hydrogen) atoms. The van der Waals surface area contributed by atoms with Crippen LogP contribution in [0, 0.1) is 0 Å². The Morgan fingerprint density at radius 2 is 2.32 bits per heavy atom. The van der Waals surface area contributed by atoms with Gasteiger partial charge in [-0.2, -0.15) is 0 Å². The molecule has 2 aliphatic rings. The van der Waals surface area contributed by atoms with E-state index in [0.717, 1.165) is 28.5 Å². The first kappa shape index (κ1) is 12.4. The summed E-state index contributed by atoms with van der Waals surface area (Å²) in [6.07, 6.45) is 2.88. The van der Waals surface area contributed by atoms with Crippen molar-refractivity contribution in [3.63, 3.8) is 0 Å². The molecule has 1 amide bonds. The molecule has 2 atom stereocenters. The Balaban J connectivity index is 1.62. The number of carboxylic acid groups (broad SMARTS) is 1. The molecule has 102 valence electrons. The molecule has 1 aromatic rings. The van der Waals surface area contributed by atoms with Crippen molar-refractivity contribution in [2.45, 2.75) is 37.6 Å². The zero-order valence-corrected chi connectivity index (χ0v) is 11.1. The van der Waals surface area contributed by atoms with E-state index >= 15 is 0 Å². The van der Waals surface area contributed by atoms with Crippen molar-refractivity contribution in [1.82, 2.24) is 10.3 Å². The summed E-state index contributed by atoms with van der Waals surface area (Å²) in [5, 5.41) is 15.9. The molecular weight excluding hydrogens is 266 g/mol. The molecule has 0 bridgehead atoms. The fourth-order valence-corrected chi connectivity index (χ4v) is 3.63. The van der Waals surface area contributed by atoms with Crippen molar-refractivity contribution in [2.24, 2.45) is 0 Å². The van der Waals surface area contributed by atoms with E-state index in [-0.39, 0.29) is 11.9 Å². The summed E-state index contributed by atoms with van der Waals surface area (Å²) in [5.41, 5.74) is 0.718. The number of nitrogens with zero attached hydrogens (tertiary/aromatic N) is 1. The fraction of sp³-hybridized carbons (Fsp3) is 0.583. The van der Waals surface area contributed by atoms with Gasteiger partial charge < -0.3 is 15.7 Å². The number of thiazole rings is 1. The maximum Gasteiger partial charge on any atom is 0.312 e. The molecule has 0 radical (unpaired) electrons. The molecule has 1 fully saturated rings. The van der Waals surface area contributed by atoms with E-state index < -0.39 is 11.9 Å². The highest BCUT2D eigenvalue weighted by atomic mass is 32.1. The Morgan fingerprint density at radius 3 is 3.00 bits per heavy atom. The third-order valence-electron chi connectivity index (χ3n) is 3.60.